The number of nitrogens with one attached hydrogen (secondary N) is 1. The molecule has 2 aromatic heterocycles. The van der Waals surface area contributed by atoms with Gasteiger partial charge >= 0.3 is 0 Å². The quantitative estimate of drug-likeness (QED) is 0.710. The van der Waals surface area contributed by atoms with E-state index in [1.165, 1.54) is 0 Å². The van der Waals surface area contributed by atoms with Crippen LogP contribution in [0.4, 0.5) is 5.95 Å². The van der Waals surface area contributed by atoms with Gasteiger partial charge in [0.25, 0.3) is 0 Å². The highest BCUT2D eigenvalue weighted by atomic mass is 35.5. The number of H-pyrrole nitrogens is 1. The summed E-state index contributed by atoms with van der Waals surface area (Å²) >= 11 is 7.76. The van der Waals surface area contributed by atoms with Crippen LogP contribution in [0.15, 0.2) is 34.3 Å². The van der Waals surface area contributed by atoms with Gasteiger partial charge in [0, 0.05) is 28.5 Å². The summed E-state index contributed by atoms with van der Waals surface area (Å²) < 4.78 is 0. The van der Waals surface area contributed by atoms with E-state index < -0.39 is 0 Å². The van der Waals surface area contributed by atoms with Crippen molar-refractivity contribution in [3.05, 3.63) is 35.0 Å². The van der Waals surface area contributed by atoms with E-state index in [4.69, 9.17) is 17.3 Å². The van der Waals surface area contributed by atoms with Crippen LogP contribution in [0, 0.1) is 6.92 Å². The summed E-state index contributed by atoms with van der Waals surface area (Å²) in [5.74, 6) is 0.816. The molecule has 4 rings (SSSR count). The standard InChI is InChI=1S/C18H21ClN6S/c1-11-12(19)4-3-5-13(11)26-14-10-21-15-16(22-14)24-17(23-15)25-8-6-18(2,20)7-9-25/h3-5,10H,6-9,20H2,1-2H3,(H,21,22,23,24). The lowest BCUT2D eigenvalue weighted by Crippen LogP contribution is -2.48. The summed E-state index contributed by atoms with van der Waals surface area (Å²) in [6, 6.07) is 5.87. The van der Waals surface area contributed by atoms with Gasteiger partial charge in [-0.1, -0.05) is 29.4 Å². The number of nitrogens with zero attached hydrogens (tertiary/aromatic N) is 4. The summed E-state index contributed by atoms with van der Waals surface area (Å²) in [7, 11) is 0. The third-order valence-corrected chi connectivity index (χ3v) is 6.29. The minimum absolute atomic E-state index is 0.0857. The van der Waals surface area contributed by atoms with Gasteiger partial charge in [-0.15, -0.1) is 0 Å². The first-order chi connectivity index (χ1) is 12.4. The van der Waals surface area contributed by atoms with Crippen molar-refractivity contribution in [2.24, 2.45) is 5.73 Å². The SMILES string of the molecule is Cc1c(Cl)cccc1Sc1cnc2nc(N3CCC(C)(N)CC3)[nH]c2n1. The molecule has 1 aliphatic heterocycles. The van der Waals surface area contributed by atoms with E-state index in [1.54, 1.807) is 18.0 Å². The Balaban J connectivity index is 1.57. The number of anilines is 1. The molecule has 0 spiro atoms. The molecule has 0 saturated carbocycles. The van der Waals surface area contributed by atoms with Crippen LogP contribution < -0.4 is 10.6 Å². The number of rotatable bonds is 3. The second-order valence-corrected chi connectivity index (χ2v) is 8.52. The lowest BCUT2D eigenvalue weighted by molar-refractivity contribution is 0.362. The molecular weight excluding hydrogens is 368 g/mol. The van der Waals surface area contributed by atoms with Gasteiger partial charge in [0.2, 0.25) is 5.95 Å². The van der Waals surface area contributed by atoms with Gasteiger partial charge in [-0.3, -0.25) is 0 Å². The van der Waals surface area contributed by atoms with Crippen molar-refractivity contribution < 1.29 is 0 Å². The average molecular weight is 389 g/mol. The number of hydrogen-bond acceptors (Lipinski definition) is 6. The topological polar surface area (TPSA) is 83.7 Å². The predicted octanol–water partition coefficient (Wildman–Crippen LogP) is 3.78. The summed E-state index contributed by atoms with van der Waals surface area (Å²) in [6.45, 7) is 5.88. The molecule has 1 aliphatic rings. The number of aromatic amines is 1. The number of piperidine rings is 1. The zero-order valence-corrected chi connectivity index (χ0v) is 16.4. The largest absolute Gasteiger partial charge is 0.342 e. The Bertz CT molecular complexity index is 944. The maximum Gasteiger partial charge on any atom is 0.206 e. The van der Waals surface area contributed by atoms with Gasteiger partial charge in [-0.05, 0) is 44.4 Å². The number of nitrogens with two attached hydrogens (primary N) is 1. The van der Waals surface area contributed by atoms with E-state index in [0.29, 0.717) is 11.3 Å². The van der Waals surface area contributed by atoms with Crippen molar-refractivity contribution in [2.75, 3.05) is 18.0 Å². The molecule has 3 N–H and O–H groups in total. The number of benzene rings is 1. The molecule has 8 heteroatoms. The fraction of sp³-hybridized carbons (Fsp3) is 0.389. The average Bonchev–Trinajstić information content (AvgIpc) is 3.02. The molecule has 3 heterocycles. The maximum absolute atomic E-state index is 6.22. The Morgan fingerprint density at radius 2 is 2.04 bits per heavy atom. The van der Waals surface area contributed by atoms with E-state index in [0.717, 1.165) is 52.4 Å². The molecule has 0 bridgehead atoms. The predicted molar refractivity (Wildman–Crippen MR) is 106 cm³/mol. The van der Waals surface area contributed by atoms with Crippen molar-refractivity contribution in [3.8, 4) is 0 Å². The first kappa shape index (κ1) is 17.6. The number of aromatic nitrogens is 4. The van der Waals surface area contributed by atoms with Crippen LogP contribution in [0.2, 0.25) is 5.02 Å². The molecule has 0 unspecified atom stereocenters. The Kier molecular flexibility index (Phi) is 4.54. The molecule has 1 fully saturated rings. The van der Waals surface area contributed by atoms with E-state index in [-0.39, 0.29) is 5.54 Å². The highest BCUT2D eigenvalue weighted by Gasteiger charge is 2.27. The van der Waals surface area contributed by atoms with Crippen molar-refractivity contribution in [2.45, 2.75) is 42.1 Å². The van der Waals surface area contributed by atoms with Gasteiger partial charge in [-0.2, -0.15) is 4.98 Å². The van der Waals surface area contributed by atoms with Gasteiger partial charge in [0.1, 0.15) is 5.03 Å². The van der Waals surface area contributed by atoms with Gasteiger partial charge in [0.05, 0.1) is 6.20 Å². The highest BCUT2D eigenvalue weighted by Crippen LogP contribution is 2.32. The third kappa shape index (κ3) is 3.51. The molecular formula is C18H21ClN6S. The van der Waals surface area contributed by atoms with Gasteiger partial charge in [0.15, 0.2) is 11.3 Å². The van der Waals surface area contributed by atoms with Crippen molar-refractivity contribution in [3.63, 3.8) is 0 Å². The summed E-state index contributed by atoms with van der Waals surface area (Å²) in [5, 5.41) is 1.57. The Hall–Kier alpha value is -1.83. The molecule has 26 heavy (non-hydrogen) atoms. The number of fused-ring (bicyclic) bond motifs is 1. The minimum atomic E-state index is -0.0857. The van der Waals surface area contributed by atoms with Crippen molar-refractivity contribution >= 4 is 40.6 Å². The second kappa shape index (κ2) is 6.72. The number of imidazole rings is 1. The zero-order valence-electron chi connectivity index (χ0n) is 14.8. The summed E-state index contributed by atoms with van der Waals surface area (Å²) in [5.41, 5.74) is 8.51. The second-order valence-electron chi connectivity index (χ2n) is 7.05. The van der Waals surface area contributed by atoms with E-state index >= 15 is 0 Å². The van der Waals surface area contributed by atoms with Crippen LogP contribution in [0.1, 0.15) is 25.3 Å². The molecule has 1 aromatic carbocycles. The lowest BCUT2D eigenvalue weighted by atomic mass is 9.91. The van der Waals surface area contributed by atoms with E-state index in [9.17, 15) is 0 Å². The van der Waals surface area contributed by atoms with Crippen molar-refractivity contribution in [1.29, 1.82) is 0 Å². The van der Waals surface area contributed by atoms with Gasteiger partial charge < -0.3 is 15.6 Å². The fourth-order valence-electron chi connectivity index (χ4n) is 3.01. The first-order valence-electron chi connectivity index (χ1n) is 8.61. The van der Waals surface area contributed by atoms with Gasteiger partial charge in [-0.25, -0.2) is 9.97 Å². The first-order valence-corrected chi connectivity index (χ1v) is 9.80. The fourth-order valence-corrected chi connectivity index (χ4v) is 4.11. The third-order valence-electron chi connectivity index (χ3n) is 4.81. The molecule has 136 valence electrons. The smallest absolute Gasteiger partial charge is 0.206 e. The molecule has 1 saturated heterocycles. The summed E-state index contributed by atoms with van der Waals surface area (Å²) in [4.78, 5) is 20.3. The normalized spacial score (nSPS) is 17.0. The Morgan fingerprint density at radius 1 is 1.27 bits per heavy atom. The maximum atomic E-state index is 6.22. The molecule has 3 aromatic rings. The molecule has 0 amide bonds. The number of hydrogen-bond donors (Lipinski definition) is 2. The highest BCUT2D eigenvalue weighted by molar-refractivity contribution is 7.99. The zero-order chi connectivity index (χ0) is 18.3. The minimum Gasteiger partial charge on any atom is -0.342 e. The van der Waals surface area contributed by atoms with Crippen LogP contribution in [-0.2, 0) is 0 Å². The van der Waals surface area contributed by atoms with E-state index in [2.05, 4.69) is 31.8 Å². The van der Waals surface area contributed by atoms with Crippen LogP contribution in [0.3, 0.4) is 0 Å². The van der Waals surface area contributed by atoms with Crippen LogP contribution >= 0.6 is 23.4 Å². The van der Waals surface area contributed by atoms with Crippen LogP contribution in [-0.4, -0.2) is 38.6 Å². The molecule has 6 nitrogen and oxygen atoms in total. The Labute approximate surface area is 161 Å². The lowest BCUT2D eigenvalue weighted by Gasteiger charge is -2.36. The summed E-state index contributed by atoms with van der Waals surface area (Å²) in [6.07, 6.45) is 3.64. The van der Waals surface area contributed by atoms with Crippen LogP contribution in [0.25, 0.3) is 11.3 Å². The van der Waals surface area contributed by atoms with Crippen molar-refractivity contribution in [1.82, 2.24) is 19.9 Å². The van der Waals surface area contributed by atoms with E-state index in [1.807, 2.05) is 25.1 Å². The Morgan fingerprint density at radius 3 is 2.81 bits per heavy atom. The molecule has 0 aliphatic carbocycles. The monoisotopic (exact) mass is 388 g/mol. The molecule has 0 atom stereocenters. The molecule has 0 radical (unpaired) electrons. The number of halogens is 1. The van der Waals surface area contributed by atoms with Crippen LogP contribution in [0.5, 0.6) is 0 Å².